The zero-order valence-electron chi connectivity index (χ0n) is 8.79. The van der Waals surface area contributed by atoms with E-state index in [0.717, 1.165) is 0 Å². The van der Waals surface area contributed by atoms with Crippen LogP contribution in [-0.2, 0) is 4.74 Å². The Morgan fingerprint density at radius 3 is 2.59 bits per heavy atom. The van der Waals surface area contributed by atoms with Crippen LogP contribution in [0.1, 0.15) is 17.3 Å². The van der Waals surface area contributed by atoms with Gasteiger partial charge in [-0.15, -0.1) is 0 Å². The Morgan fingerprint density at radius 1 is 1.41 bits per heavy atom. The number of carboxylic acids is 1. The van der Waals surface area contributed by atoms with E-state index >= 15 is 0 Å². The van der Waals surface area contributed by atoms with Crippen LogP contribution in [0.3, 0.4) is 0 Å². The second-order valence-electron chi connectivity index (χ2n) is 2.96. The molecular weight excluding hydrogens is 269 g/mol. The zero-order chi connectivity index (χ0) is 13.0. The fourth-order valence-electron chi connectivity index (χ4n) is 1.17. The molecule has 0 atom stereocenters. The molecule has 0 bridgehead atoms. The molecule has 1 aromatic rings. The zero-order valence-corrected chi connectivity index (χ0v) is 10.3. The first-order chi connectivity index (χ1) is 7.95. The number of carbonyl (C=O) groups excluding carboxylic acids is 1. The summed E-state index contributed by atoms with van der Waals surface area (Å²) in [6, 6.07) is 2.57. The highest BCUT2D eigenvalue weighted by Crippen LogP contribution is 2.29. The lowest BCUT2D eigenvalue weighted by Gasteiger charge is -2.10. The predicted octanol–water partition coefficient (Wildman–Crippen LogP) is 3.26. The predicted molar refractivity (Wildman–Crippen MR) is 64.1 cm³/mol. The number of halogens is 2. The third-order valence-electron chi connectivity index (χ3n) is 1.78. The van der Waals surface area contributed by atoms with Crippen molar-refractivity contribution < 1.29 is 19.4 Å². The van der Waals surface area contributed by atoms with Gasteiger partial charge in [-0.1, -0.05) is 23.2 Å². The average molecular weight is 278 g/mol. The van der Waals surface area contributed by atoms with E-state index in [-0.39, 0.29) is 27.9 Å². The Balaban J connectivity index is 3.12. The smallest absolute Gasteiger partial charge is 0.411 e. The van der Waals surface area contributed by atoms with Crippen molar-refractivity contribution in [2.24, 2.45) is 0 Å². The fourth-order valence-corrected chi connectivity index (χ4v) is 1.74. The summed E-state index contributed by atoms with van der Waals surface area (Å²) in [4.78, 5) is 22.2. The normalized spacial score (nSPS) is 9.82. The number of nitrogens with one attached hydrogen (secondary N) is 1. The van der Waals surface area contributed by atoms with Crippen LogP contribution < -0.4 is 5.32 Å². The minimum atomic E-state index is -1.27. The topological polar surface area (TPSA) is 75.6 Å². The van der Waals surface area contributed by atoms with Gasteiger partial charge in [-0.3, -0.25) is 5.32 Å². The van der Waals surface area contributed by atoms with Crippen molar-refractivity contribution in [1.29, 1.82) is 0 Å². The molecular formula is C10H9Cl2NO4. The standard InChI is InChI=1S/C10H9Cl2NO4/c1-2-17-10(16)13-7-4-5(11)3-6(12)8(7)9(14)15/h3-4H,2H2,1H3,(H,13,16)(H,14,15). The Bertz CT molecular complexity index is 462. The van der Waals surface area contributed by atoms with Gasteiger partial charge in [0.2, 0.25) is 0 Å². The molecule has 0 unspecified atom stereocenters. The molecule has 0 saturated carbocycles. The quantitative estimate of drug-likeness (QED) is 0.889. The number of carboxylic acid groups (broad SMARTS) is 1. The minimum absolute atomic E-state index is 0.00606. The maximum absolute atomic E-state index is 11.2. The number of hydrogen-bond donors (Lipinski definition) is 2. The summed E-state index contributed by atoms with van der Waals surface area (Å²) in [6.45, 7) is 1.80. The number of rotatable bonds is 3. The highest BCUT2D eigenvalue weighted by molar-refractivity contribution is 6.37. The number of benzene rings is 1. The lowest BCUT2D eigenvalue weighted by molar-refractivity contribution is 0.0698. The average Bonchev–Trinajstić information content (AvgIpc) is 2.15. The van der Waals surface area contributed by atoms with Gasteiger partial charge in [-0.25, -0.2) is 9.59 Å². The van der Waals surface area contributed by atoms with E-state index in [1.54, 1.807) is 6.92 Å². The minimum Gasteiger partial charge on any atom is -0.478 e. The van der Waals surface area contributed by atoms with E-state index in [9.17, 15) is 9.59 Å². The summed E-state index contributed by atoms with van der Waals surface area (Å²) in [7, 11) is 0. The van der Waals surface area contributed by atoms with Crippen LogP contribution in [0.25, 0.3) is 0 Å². The fraction of sp³-hybridized carbons (Fsp3) is 0.200. The van der Waals surface area contributed by atoms with Crippen molar-refractivity contribution >= 4 is 41.0 Å². The first-order valence-electron chi connectivity index (χ1n) is 4.61. The highest BCUT2D eigenvalue weighted by atomic mass is 35.5. The van der Waals surface area contributed by atoms with Crippen molar-refractivity contribution in [2.75, 3.05) is 11.9 Å². The third-order valence-corrected chi connectivity index (χ3v) is 2.30. The molecule has 0 aromatic heterocycles. The second kappa shape index (κ2) is 5.75. The molecule has 1 aromatic carbocycles. The number of hydrogen-bond acceptors (Lipinski definition) is 3. The van der Waals surface area contributed by atoms with Crippen LogP contribution in [0.2, 0.25) is 10.0 Å². The first kappa shape index (κ1) is 13.6. The maximum atomic E-state index is 11.2. The van der Waals surface area contributed by atoms with Crippen molar-refractivity contribution in [2.45, 2.75) is 6.92 Å². The molecule has 0 aliphatic heterocycles. The van der Waals surface area contributed by atoms with Crippen molar-refractivity contribution in [1.82, 2.24) is 0 Å². The van der Waals surface area contributed by atoms with Gasteiger partial charge in [0.15, 0.2) is 0 Å². The summed E-state index contributed by atoms with van der Waals surface area (Å²) in [5.41, 5.74) is -0.238. The second-order valence-corrected chi connectivity index (χ2v) is 3.80. The van der Waals surface area contributed by atoms with E-state index in [0.29, 0.717) is 0 Å². The van der Waals surface area contributed by atoms with Gasteiger partial charge in [-0.2, -0.15) is 0 Å². The van der Waals surface area contributed by atoms with E-state index in [2.05, 4.69) is 10.1 Å². The SMILES string of the molecule is CCOC(=O)Nc1cc(Cl)cc(Cl)c1C(=O)O. The molecule has 2 N–H and O–H groups in total. The van der Waals surface area contributed by atoms with Gasteiger partial charge in [0.05, 0.1) is 17.3 Å². The molecule has 0 spiro atoms. The lowest BCUT2D eigenvalue weighted by Crippen LogP contribution is -2.16. The van der Waals surface area contributed by atoms with Crippen LogP contribution >= 0.6 is 23.2 Å². The number of aromatic carboxylic acids is 1. The van der Waals surface area contributed by atoms with Crippen molar-refractivity contribution in [3.05, 3.63) is 27.7 Å². The molecule has 0 aliphatic carbocycles. The molecule has 92 valence electrons. The number of ether oxygens (including phenoxy) is 1. The summed E-state index contributed by atoms with van der Waals surface area (Å²) in [5, 5.41) is 11.4. The Labute approximate surface area is 107 Å². The summed E-state index contributed by atoms with van der Waals surface area (Å²) in [5.74, 6) is -1.27. The van der Waals surface area contributed by atoms with Gasteiger partial charge < -0.3 is 9.84 Å². The van der Waals surface area contributed by atoms with Crippen LogP contribution in [-0.4, -0.2) is 23.8 Å². The molecule has 0 heterocycles. The first-order valence-corrected chi connectivity index (χ1v) is 5.37. The summed E-state index contributed by atoms with van der Waals surface area (Å²) >= 11 is 11.5. The van der Waals surface area contributed by atoms with Gasteiger partial charge >= 0.3 is 12.1 Å². The van der Waals surface area contributed by atoms with Crippen LogP contribution in [0, 0.1) is 0 Å². The number of anilines is 1. The summed E-state index contributed by atoms with van der Waals surface area (Å²) < 4.78 is 4.63. The van der Waals surface area contributed by atoms with Crippen molar-refractivity contribution in [3.8, 4) is 0 Å². The molecule has 0 aliphatic rings. The molecule has 1 amide bonds. The van der Waals surface area contributed by atoms with E-state index in [4.69, 9.17) is 28.3 Å². The van der Waals surface area contributed by atoms with Crippen molar-refractivity contribution in [3.63, 3.8) is 0 Å². The Kier molecular flexibility index (Phi) is 4.60. The Hall–Kier alpha value is -1.46. The molecule has 0 radical (unpaired) electrons. The van der Waals surface area contributed by atoms with Crippen LogP contribution in [0.5, 0.6) is 0 Å². The van der Waals surface area contributed by atoms with E-state index in [1.807, 2.05) is 0 Å². The molecule has 0 saturated heterocycles. The lowest BCUT2D eigenvalue weighted by atomic mass is 10.2. The van der Waals surface area contributed by atoms with Crippen LogP contribution in [0.4, 0.5) is 10.5 Å². The van der Waals surface area contributed by atoms with Crippen LogP contribution in [0.15, 0.2) is 12.1 Å². The van der Waals surface area contributed by atoms with E-state index < -0.39 is 12.1 Å². The molecule has 5 nitrogen and oxygen atoms in total. The van der Waals surface area contributed by atoms with Gasteiger partial charge in [0.1, 0.15) is 5.56 Å². The monoisotopic (exact) mass is 277 g/mol. The number of carbonyl (C=O) groups is 2. The van der Waals surface area contributed by atoms with Gasteiger partial charge in [0, 0.05) is 5.02 Å². The Morgan fingerprint density at radius 2 is 2.06 bits per heavy atom. The molecule has 0 fully saturated rings. The molecule has 7 heteroatoms. The summed E-state index contributed by atoms with van der Waals surface area (Å²) in [6.07, 6.45) is -0.770. The van der Waals surface area contributed by atoms with Gasteiger partial charge in [-0.05, 0) is 19.1 Å². The number of amides is 1. The highest BCUT2D eigenvalue weighted by Gasteiger charge is 2.17. The van der Waals surface area contributed by atoms with Gasteiger partial charge in [0.25, 0.3) is 0 Å². The maximum Gasteiger partial charge on any atom is 0.411 e. The largest absolute Gasteiger partial charge is 0.478 e. The third kappa shape index (κ3) is 3.51. The molecule has 1 rings (SSSR count). The van der Waals surface area contributed by atoms with E-state index in [1.165, 1.54) is 12.1 Å². The molecule has 17 heavy (non-hydrogen) atoms.